The van der Waals surface area contributed by atoms with Crippen molar-refractivity contribution in [3.63, 3.8) is 0 Å². The number of halogens is 1. The molecule has 0 fully saturated rings. The van der Waals surface area contributed by atoms with Crippen LogP contribution in [-0.2, 0) is 9.84 Å². The Balaban J connectivity index is 2.49. The average Bonchev–Trinajstić information content (AvgIpc) is 2.44. The van der Waals surface area contributed by atoms with E-state index < -0.39 is 15.7 Å². The third-order valence-corrected chi connectivity index (χ3v) is 5.11. The maximum Gasteiger partial charge on any atom is 0.181 e. The third-order valence-electron chi connectivity index (χ3n) is 3.23. The molecule has 1 aliphatic rings. The first kappa shape index (κ1) is 13.5. The van der Waals surface area contributed by atoms with E-state index in [2.05, 4.69) is 5.32 Å². The lowest BCUT2D eigenvalue weighted by atomic mass is 10.0. The highest BCUT2D eigenvalue weighted by Gasteiger charge is 2.30. The third kappa shape index (κ3) is 2.57. The van der Waals surface area contributed by atoms with E-state index in [9.17, 15) is 12.8 Å². The van der Waals surface area contributed by atoms with Crippen molar-refractivity contribution in [1.29, 1.82) is 0 Å². The van der Waals surface area contributed by atoms with Gasteiger partial charge in [-0.15, -0.1) is 0 Å². The van der Waals surface area contributed by atoms with Gasteiger partial charge in [0, 0.05) is 6.04 Å². The molecule has 0 saturated heterocycles. The SMILES string of the molecule is CCCNC1CCCS(=O)(=O)c2c(F)cccc21. The van der Waals surface area contributed by atoms with Crippen molar-refractivity contribution < 1.29 is 12.8 Å². The van der Waals surface area contributed by atoms with Gasteiger partial charge in [0.2, 0.25) is 0 Å². The van der Waals surface area contributed by atoms with Crippen LogP contribution >= 0.6 is 0 Å². The summed E-state index contributed by atoms with van der Waals surface area (Å²) in [5, 5.41) is 3.30. The molecule has 0 bridgehead atoms. The van der Waals surface area contributed by atoms with Gasteiger partial charge in [-0.2, -0.15) is 0 Å². The van der Waals surface area contributed by atoms with Crippen molar-refractivity contribution in [2.75, 3.05) is 12.3 Å². The van der Waals surface area contributed by atoms with Crippen molar-refractivity contribution in [3.05, 3.63) is 29.6 Å². The Morgan fingerprint density at radius 3 is 2.94 bits per heavy atom. The van der Waals surface area contributed by atoms with Crippen LogP contribution < -0.4 is 5.32 Å². The molecule has 100 valence electrons. The number of nitrogens with one attached hydrogen (secondary N) is 1. The van der Waals surface area contributed by atoms with Crippen LogP contribution in [0.1, 0.15) is 37.8 Å². The van der Waals surface area contributed by atoms with Crippen LogP contribution in [0.25, 0.3) is 0 Å². The molecule has 1 aromatic rings. The number of hydrogen-bond acceptors (Lipinski definition) is 3. The average molecular weight is 271 g/mol. The molecule has 0 saturated carbocycles. The molecule has 1 unspecified atom stereocenters. The lowest BCUT2D eigenvalue weighted by molar-refractivity contribution is 0.486. The maximum atomic E-state index is 13.8. The zero-order chi connectivity index (χ0) is 13.2. The van der Waals surface area contributed by atoms with Gasteiger partial charge < -0.3 is 5.32 Å². The zero-order valence-corrected chi connectivity index (χ0v) is 11.3. The van der Waals surface area contributed by atoms with E-state index in [0.29, 0.717) is 12.0 Å². The van der Waals surface area contributed by atoms with Gasteiger partial charge in [0.15, 0.2) is 9.84 Å². The molecule has 18 heavy (non-hydrogen) atoms. The molecule has 3 nitrogen and oxygen atoms in total. The first-order valence-electron chi connectivity index (χ1n) is 6.31. The van der Waals surface area contributed by atoms with Crippen LogP contribution in [0, 0.1) is 5.82 Å². The number of fused-ring (bicyclic) bond motifs is 1. The van der Waals surface area contributed by atoms with Gasteiger partial charge in [-0.05, 0) is 37.4 Å². The van der Waals surface area contributed by atoms with Gasteiger partial charge in [-0.25, -0.2) is 12.8 Å². The van der Waals surface area contributed by atoms with Gasteiger partial charge in [-0.1, -0.05) is 19.1 Å². The Labute approximate surface area is 107 Å². The molecule has 1 N–H and O–H groups in total. The summed E-state index contributed by atoms with van der Waals surface area (Å²) in [6, 6.07) is 4.45. The van der Waals surface area contributed by atoms with E-state index in [-0.39, 0.29) is 16.7 Å². The number of hydrogen-bond donors (Lipinski definition) is 1. The fourth-order valence-electron chi connectivity index (χ4n) is 2.39. The van der Waals surface area contributed by atoms with Crippen molar-refractivity contribution >= 4 is 9.84 Å². The summed E-state index contributed by atoms with van der Waals surface area (Å²) in [7, 11) is -3.48. The Bertz CT molecular complexity index is 528. The molecule has 1 aliphatic heterocycles. The van der Waals surface area contributed by atoms with Gasteiger partial charge in [-0.3, -0.25) is 0 Å². The molecular weight excluding hydrogens is 253 g/mol. The summed E-state index contributed by atoms with van der Waals surface area (Å²) in [6.07, 6.45) is 2.27. The van der Waals surface area contributed by atoms with E-state index in [0.717, 1.165) is 19.4 Å². The van der Waals surface area contributed by atoms with Crippen LogP contribution in [-0.4, -0.2) is 20.7 Å². The summed E-state index contributed by atoms with van der Waals surface area (Å²) < 4.78 is 38.0. The maximum absolute atomic E-state index is 13.8. The monoisotopic (exact) mass is 271 g/mol. The highest BCUT2D eigenvalue weighted by molar-refractivity contribution is 7.91. The zero-order valence-electron chi connectivity index (χ0n) is 10.4. The smallest absolute Gasteiger partial charge is 0.181 e. The minimum Gasteiger partial charge on any atom is -0.310 e. The van der Waals surface area contributed by atoms with E-state index >= 15 is 0 Å². The van der Waals surface area contributed by atoms with Crippen LogP contribution in [0.4, 0.5) is 4.39 Å². The fourth-order valence-corrected chi connectivity index (χ4v) is 4.08. The normalized spacial score (nSPS) is 22.2. The van der Waals surface area contributed by atoms with Crippen LogP contribution in [0.5, 0.6) is 0 Å². The van der Waals surface area contributed by atoms with Gasteiger partial charge in [0.1, 0.15) is 10.7 Å². The standard InChI is InChI=1S/C13H18FNO2S/c1-2-8-15-12-7-4-9-18(16,17)13-10(12)5-3-6-11(13)14/h3,5-6,12,15H,2,4,7-9H2,1H3. The van der Waals surface area contributed by atoms with Gasteiger partial charge in [0.05, 0.1) is 5.75 Å². The van der Waals surface area contributed by atoms with Crippen molar-refractivity contribution in [2.45, 2.75) is 37.1 Å². The lowest BCUT2D eigenvalue weighted by Gasteiger charge is -2.18. The molecule has 0 spiro atoms. The second-order valence-electron chi connectivity index (χ2n) is 4.63. The van der Waals surface area contributed by atoms with Gasteiger partial charge in [0.25, 0.3) is 0 Å². The van der Waals surface area contributed by atoms with E-state index in [1.165, 1.54) is 6.07 Å². The molecule has 2 rings (SSSR count). The molecule has 0 radical (unpaired) electrons. The Hall–Kier alpha value is -0.940. The topological polar surface area (TPSA) is 46.2 Å². The minimum absolute atomic E-state index is 0.0330. The molecule has 0 aliphatic carbocycles. The quantitative estimate of drug-likeness (QED) is 0.918. The largest absolute Gasteiger partial charge is 0.310 e. The van der Waals surface area contributed by atoms with E-state index in [1.807, 2.05) is 6.92 Å². The molecule has 0 amide bonds. The van der Waals surface area contributed by atoms with Crippen molar-refractivity contribution in [2.24, 2.45) is 0 Å². The van der Waals surface area contributed by atoms with Crippen molar-refractivity contribution in [1.82, 2.24) is 5.32 Å². The molecular formula is C13H18FNO2S. The second-order valence-corrected chi connectivity index (χ2v) is 6.67. The first-order valence-corrected chi connectivity index (χ1v) is 7.96. The predicted octanol–water partition coefficient (Wildman–Crippen LogP) is 2.43. The van der Waals surface area contributed by atoms with Crippen LogP contribution in [0.3, 0.4) is 0 Å². The van der Waals surface area contributed by atoms with E-state index in [1.54, 1.807) is 12.1 Å². The minimum atomic E-state index is -3.48. The molecule has 1 atom stereocenters. The molecule has 5 heteroatoms. The Morgan fingerprint density at radius 2 is 2.22 bits per heavy atom. The summed E-state index contributed by atoms with van der Waals surface area (Å²) in [5.41, 5.74) is 0.584. The highest BCUT2D eigenvalue weighted by atomic mass is 32.2. The number of rotatable bonds is 3. The summed E-state index contributed by atoms with van der Waals surface area (Å²) in [6.45, 7) is 2.85. The van der Waals surface area contributed by atoms with Crippen LogP contribution in [0.2, 0.25) is 0 Å². The van der Waals surface area contributed by atoms with Gasteiger partial charge >= 0.3 is 0 Å². The second kappa shape index (κ2) is 5.36. The first-order chi connectivity index (χ1) is 8.56. The number of benzene rings is 1. The summed E-state index contributed by atoms with van der Waals surface area (Å²) in [5.74, 6) is -0.594. The van der Waals surface area contributed by atoms with Crippen LogP contribution in [0.15, 0.2) is 23.1 Å². The molecule has 1 heterocycles. The fraction of sp³-hybridized carbons (Fsp3) is 0.538. The lowest BCUT2D eigenvalue weighted by Crippen LogP contribution is -2.22. The van der Waals surface area contributed by atoms with Crippen molar-refractivity contribution in [3.8, 4) is 0 Å². The van der Waals surface area contributed by atoms with E-state index in [4.69, 9.17) is 0 Å². The summed E-state index contributed by atoms with van der Waals surface area (Å²) >= 11 is 0. The Kier molecular flexibility index (Phi) is 4.02. The predicted molar refractivity (Wildman–Crippen MR) is 68.7 cm³/mol. The summed E-state index contributed by atoms with van der Waals surface area (Å²) in [4.78, 5) is -0.101. The molecule has 1 aromatic carbocycles. The highest BCUT2D eigenvalue weighted by Crippen LogP contribution is 2.32. The Morgan fingerprint density at radius 1 is 1.44 bits per heavy atom. The molecule has 0 aromatic heterocycles. The number of sulfone groups is 1.